The van der Waals surface area contributed by atoms with Gasteiger partial charge in [0.05, 0.1) is 23.4 Å². The van der Waals surface area contributed by atoms with Gasteiger partial charge in [-0.05, 0) is 55.7 Å². The Hall–Kier alpha value is -4.85. The van der Waals surface area contributed by atoms with E-state index in [4.69, 9.17) is 6.42 Å². The van der Waals surface area contributed by atoms with Crippen molar-refractivity contribution >= 4 is 22.6 Å². The van der Waals surface area contributed by atoms with Gasteiger partial charge in [-0.3, -0.25) is 0 Å². The van der Waals surface area contributed by atoms with Gasteiger partial charge in [-0.15, -0.1) is 6.42 Å². The van der Waals surface area contributed by atoms with Gasteiger partial charge in [-0.2, -0.15) is 10.5 Å². The molecule has 37 heavy (non-hydrogen) atoms. The molecule has 2 aliphatic carbocycles. The molecular formula is C33H26N4. The topological polar surface area (TPSA) is 65.4 Å². The van der Waals surface area contributed by atoms with Gasteiger partial charge in [0, 0.05) is 33.7 Å². The molecule has 0 aliphatic heterocycles. The van der Waals surface area contributed by atoms with Crippen molar-refractivity contribution < 1.29 is 0 Å². The molecule has 0 N–H and O–H groups in total. The fourth-order valence-electron chi connectivity index (χ4n) is 5.27. The number of hydrogen-bond donors (Lipinski definition) is 0. The number of benzene rings is 1. The van der Waals surface area contributed by atoms with Crippen LogP contribution in [0.5, 0.6) is 0 Å². The van der Waals surface area contributed by atoms with E-state index in [2.05, 4.69) is 90.1 Å². The summed E-state index contributed by atoms with van der Waals surface area (Å²) in [4.78, 5) is 4.35. The predicted octanol–water partition coefficient (Wildman–Crippen LogP) is 6.93. The average Bonchev–Trinajstić information content (AvgIpc) is 3.25. The Balaban J connectivity index is 1.59. The van der Waals surface area contributed by atoms with Gasteiger partial charge < -0.3 is 4.57 Å². The van der Waals surface area contributed by atoms with Gasteiger partial charge in [-0.1, -0.05) is 67.0 Å². The van der Waals surface area contributed by atoms with Crippen LogP contribution in [0.15, 0.2) is 84.5 Å². The van der Waals surface area contributed by atoms with E-state index in [9.17, 15) is 10.5 Å². The summed E-state index contributed by atoms with van der Waals surface area (Å²) in [6.45, 7) is 4.36. The molecule has 2 aromatic heterocycles. The minimum Gasteiger partial charge on any atom is -0.336 e. The maximum Gasteiger partial charge on any atom is 0.141 e. The number of pyridine rings is 1. The van der Waals surface area contributed by atoms with Crippen molar-refractivity contribution in [3.8, 4) is 24.5 Å². The fourth-order valence-corrected chi connectivity index (χ4v) is 5.27. The summed E-state index contributed by atoms with van der Waals surface area (Å²) >= 11 is 0. The average molecular weight is 479 g/mol. The zero-order valence-electron chi connectivity index (χ0n) is 20.9. The molecule has 0 spiro atoms. The van der Waals surface area contributed by atoms with Gasteiger partial charge in [0.1, 0.15) is 11.8 Å². The molecule has 2 aliphatic rings. The van der Waals surface area contributed by atoms with Crippen molar-refractivity contribution in [1.29, 1.82) is 10.5 Å². The number of hydrogen-bond acceptors (Lipinski definition) is 3. The fraction of sp³-hybridized carbons (Fsp3) is 0.182. The zero-order chi connectivity index (χ0) is 25.9. The van der Waals surface area contributed by atoms with E-state index in [-0.39, 0.29) is 12.0 Å². The second-order valence-corrected chi connectivity index (χ2v) is 9.56. The minimum absolute atomic E-state index is 0.0851. The quantitative estimate of drug-likeness (QED) is 0.302. The van der Waals surface area contributed by atoms with E-state index < -0.39 is 0 Å². The van der Waals surface area contributed by atoms with Crippen molar-refractivity contribution in [2.24, 2.45) is 11.8 Å². The maximum absolute atomic E-state index is 9.51. The molecule has 4 heteroatoms. The Kier molecular flexibility index (Phi) is 6.47. The number of allylic oxidation sites excluding steroid dienone is 9. The number of aromatic nitrogens is 2. The first-order valence-corrected chi connectivity index (χ1v) is 12.4. The maximum atomic E-state index is 9.51. The van der Waals surface area contributed by atoms with E-state index in [0.717, 1.165) is 17.3 Å². The van der Waals surface area contributed by atoms with Crippen molar-refractivity contribution in [3.63, 3.8) is 0 Å². The summed E-state index contributed by atoms with van der Waals surface area (Å²) in [7, 11) is 0. The standard InChI is InChI=1S/C33H26N4/c1-4-25(30-10-7-8-26(21-35)36-30)15-13-23(3)27-9-5-6-11-31(27)37-32-17-14-24(20-34)19-29(32)28-16-12-22(2)18-33(28)37/h1,5-17,19,22,27,31H,18H2,2-3H3/b23-13+,25-15+. The second-order valence-electron chi connectivity index (χ2n) is 9.56. The SMILES string of the molecule is C#C/C(=C\C=C(/C)C1C=CC=CC1n1c2c(c3cc(C#N)ccc31)C=CC(C)C2)c1cccc(C#N)n1. The Bertz CT molecular complexity index is 1670. The second kappa shape index (κ2) is 10.0. The van der Waals surface area contributed by atoms with Crippen LogP contribution in [0.2, 0.25) is 0 Å². The number of nitrogens with zero attached hydrogens (tertiary/aromatic N) is 4. The summed E-state index contributed by atoms with van der Waals surface area (Å²) < 4.78 is 2.46. The lowest BCUT2D eigenvalue weighted by molar-refractivity contribution is 0.492. The Morgan fingerprint density at radius 3 is 2.70 bits per heavy atom. The molecule has 0 fully saturated rings. The summed E-state index contributed by atoms with van der Waals surface area (Å²) in [5, 5.41) is 19.8. The lowest BCUT2D eigenvalue weighted by atomic mass is 9.87. The molecule has 0 amide bonds. The molecule has 1 aromatic carbocycles. The highest BCUT2D eigenvalue weighted by atomic mass is 15.0. The van der Waals surface area contributed by atoms with Crippen molar-refractivity contribution in [2.75, 3.05) is 0 Å². The first kappa shape index (κ1) is 23.9. The number of rotatable bonds is 4. The predicted molar refractivity (Wildman–Crippen MR) is 149 cm³/mol. The Morgan fingerprint density at radius 1 is 1.08 bits per heavy atom. The van der Waals surface area contributed by atoms with Crippen LogP contribution < -0.4 is 0 Å². The normalized spacial score (nSPS) is 20.8. The van der Waals surface area contributed by atoms with Gasteiger partial charge in [0.15, 0.2) is 0 Å². The van der Waals surface area contributed by atoms with E-state index in [1.54, 1.807) is 12.1 Å². The van der Waals surface area contributed by atoms with Crippen LogP contribution in [0.4, 0.5) is 0 Å². The van der Waals surface area contributed by atoms with Crippen LogP contribution in [-0.4, -0.2) is 9.55 Å². The van der Waals surface area contributed by atoms with Crippen molar-refractivity contribution in [2.45, 2.75) is 26.3 Å². The highest BCUT2D eigenvalue weighted by Gasteiger charge is 2.29. The molecule has 0 bridgehead atoms. The van der Waals surface area contributed by atoms with Crippen LogP contribution in [0.3, 0.4) is 0 Å². The molecule has 0 saturated heterocycles. The third-order valence-electron chi connectivity index (χ3n) is 7.12. The monoisotopic (exact) mass is 478 g/mol. The van der Waals surface area contributed by atoms with Gasteiger partial charge in [0.2, 0.25) is 0 Å². The molecule has 3 aromatic rings. The smallest absolute Gasteiger partial charge is 0.141 e. The van der Waals surface area contributed by atoms with Crippen LogP contribution in [-0.2, 0) is 6.42 Å². The molecule has 178 valence electrons. The summed E-state index contributed by atoms with van der Waals surface area (Å²) in [5.41, 5.74) is 7.09. The van der Waals surface area contributed by atoms with Crippen LogP contribution in [0, 0.1) is 46.8 Å². The third kappa shape index (κ3) is 4.45. The largest absolute Gasteiger partial charge is 0.336 e. The van der Waals surface area contributed by atoms with Crippen LogP contribution in [0.25, 0.3) is 22.6 Å². The molecule has 4 nitrogen and oxygen atoms in total. The van der Waals surface area contributed by atoms with Crippen LogP contribution >= 0.6 is 0 Å². The van der Waals surface area contributed by atoms with Gasteiger partial charge in [0.25, 0.3) is 0 Å². The molecule has 2 heterocycles. The van der Waals surface area contributed by atoms with Crippen molar-refractivity contribution in [1.82, 2.24) is 9.55 Å². The van der Waals surface area contributed by atoms with E-state index >= 15 is 0 Å². The number of fused-ring (bicyclic) bond motifs is 3. The van der Waals surface area contributed by atoms with E-state index in [0.29, 0.717) is 28.4 Å². The first-order chi connectivity index (χ1) is 18.0. The molecule has 3 unspecified atom stereocenters. The lowest BCUT2D eigenvalue weighted by Gasteiger charge is -2.30. The van der Waals surface area contributed by atoms with Crippen LogP contribution in [0.1, 0.15) is 48.1 Å². The summed E-state index contributed by atoms with van der Waals surface area (Å²) in [5.74, 6) is 3.29. The number of terminal acetylenes is 1. The number of nitriles is 2. The molecule has 5 rings (SSSR count). The highest BCUT2D eigenvalue weighted by Crippen LogP contribution is 2.40. The molecule has 0 radical (unpaired) electrons. The Labute approximate surface area is 217 Å². The summed E-state index contributed by atoms with van der Waals surface area (Å²) in [6, 6.07) is 15.7. The van der Waals surface area contributed by atoms with Crippen molar-refractivity contribution in [3.05, 3.63) is 113 Å². The lowest BCUT2D eigenvalue weighted by Crippen LogP contribution is -2.22. The molecule has 3 atom stereocenters. The summed E-state index contributed by atoms with van der Waals surface area (Å²) in [6.07, 6.45) is 23.9. The Morgan fingerprint density at radius 2 is 1.92 bits per heavy atom. The van der Waals surface area contributed by atoms with Gasteiger partial charge in [-0.25, -0.2) is 4.98 Å². The van der Waals surface area contributed by atoms with Gasteiger partial charge >= 0.3 is 0 Å². The third-order valence-corrected chi connectivity index (χ3v) is 7.12. The molecular weight excluding hydrogens is 452 g/mol. The molecule has 0 saturated carbocycles. The van der Waals surface area contributed by atoms with E-state index in [1.165, 1.54) is 16.8 Å². The first-order valence-electron chi connectivity index (χ1n) is 12.4. The minimum atomic E-state index is 0.0851. The van der Waals surface area contributed by atoms with E-state index in [1.807, 2.05) is 24.3 Å². The highest BCUT2D eigenvalue weighted by molar-refractivity contribution is 5.93. The zero-order valence-corrected chi connectivity index (χ0v) is 20.9.